The zero-order chi connectivity index (χ0) is 22.8. The van der Waals surface area contributed by atoms with E-state index in [1.165, 1.54) is 12.1 Å². The molecule has 0 aliphatic rings. The highest BCUT2D eigenvalue weighted by Crippen LogP contribution is 2.30. The number of hydrogen-bond acceptors (Lipinski definition) is 5. The molecule has 4 aromatic rings. The highest BCUT2D eigenvalue weighted by atomic mass is 16.5. The maximum atomic E-state index is 12.1. The number of carbonyl (C=O) groups is 2. The fourth-order valence-electron chi connectivity index (χ4n) is 3.55. The predicted octanol–water partition coefficient (Wildman–Crippen LogP) is 3.75. The van der Waals surface area contributed by atoms with Crippen LogP contribution in [0, 0.1) is 0 Å². The average molecular weight is 430 g/mol. The van der Waals surface area contributed by atoms with Crippen LogP contribution < -0.4 is 16.0 Å². The Hall–Kier alpha value is -4.59. The highest BCUT2D eigenvalue weighted by Gasteiger charge is 2.26. The van der Waals surface area contributed by atoms with Gasteiger partial charge in [0.15, 0.2) is 0 Å². The van der Waals surface area contributed by atoms with E-state index in [-0.39, 0.29) is 11.1 Å². The Bertz CT molecular complexity index is 1410. The number of aromatic nitrogens is 1. The Morgan fingerprint density at radius 1 is 0.875 bits per heavy atom. The van der Waals surface area contributed by atoms with Crippen LogP contribution in [0.4, 0.5) is 5.82 Å². The van der Waals surface area contributed by atoms with Crippen molar-refractivity contribution in [2.24, 2.45) is 0 Å². The van der Waals surface area contributed by atoms with Crippen molar-refractivity contribution in [2.45, 2.75) is 6.61 Å². The number of hydrogen-bond donors (Lipinski definition) is 4. The van der Waals surface area contributed by atoms with Gasteiger partial charge in [0.05, 0.1) is 0 Å². The number of carboxylic acid groups (broad SMARTS) is 2. The number of anilines is 1. The molecule has 160 valence electrons. The first kappa shape index (κ1) is 20.7. The van der Waals surface area contributed by atoms with Gasteiger partial charge in [-0.05, 0) is 40.1 Å². The van der Waals surface area contributed by atoms with Crippen LogP contribution in [0.1, 0.15) is 26.3 Å². The van der Waals surface area contributed by atoms with E-state index >= 15 is 0 Å². The minimum Gasteiger partial charge on any atom is -0.489 e. The first-order valence-electron chi connectivity index (χ1n) is 9.58. The maximum absolute atomic E-state index is 12.1. The molecule has 32 heavy (non-hydrogen) atoms. The summed E-state index contributed by atoms with van der Waals surface area (Å²) in [5.41, 5.74) is 4.43. The van der Waals surface area contributed by atoms with Gasteiger partial charge in [-0.1, -0.05) is 48.5 Å². The normalized spacial score (nSPS) is 10.8. The molecule has 0 radical (unpaired) electrons. The second kappa shape index (κ2) is 8.27. The first-order chi connectivity index (χ1) is 15.3. The van der Waals surface area contributed by atoms with Crippen LogP contribution in [0.15, 0.2) is 71.5 Å². The van der Waals surface area contributed by atoms with Crippen molar-refractivity contribution in [3.05, 3.63) is 93.8 Å². The van der Waals surface area contributed by atoms with E-state index < -0.39 is 34.4 Å². The summed E-state index contributed by atoms with van der Waals surface area (Å²) in [6.45, 7) is 0.308. The van der Waals surface area contributed by atoms with Crippen molar-refractivity contribution in [3.8, 4) is 16.9 Å². The minimum absolute atomic E-state index is 0.218. The number of pyridine rings is 1. The fourth-order valence-corrected chi connectivity index (χ4v) is 3.55. The Labute approximate surface area is 181 Å². The van der Waals surface area contributed by atoms with Crippen molar-refractivity contribution < 1.29 is 24.5 Å². The number of benzene rings is 3. The van der Waals surface area contributed by atoms with Gasteiger partial charge in [0.25, 0.3) is 5.56 Å². The number of carboxylic acids is 2. The lowest BCUT2D eigenvalue weighted by molar-refractivity contribution is 0.0695. The van der Waals surface area contributed by atoms with Gasteiger partial charge in [-0.2, -0.15) is 0 Å². The lowest BCUT2D eigenvalue weighted by Gasteiger charge is -2.13. The van der Waals surface area contributed by atoms with Crippen LogP contribution in [0.3, 0.4) is 0 Å². The lowest BCUT2D eigenvalue weighted by atomic mass is 9.95. The quantitative estimate of drug-likeness (QED) is 0.365. The van der Waals surface area contributed by atoms with E-state index in [4.69, 9.17) is 10.5 Å². The van der Waals surface area contributed by atoms with Crippen molar-refractivity contribution in [3.63, 3.8) is 0 Å². The third-order valence-electron chi connectivity index (χ3n) is 5.03. The lowest BCUT2D eigenvalue weighted by Crippen LogP contribution is -2.24. The summed E-state index contributed by atoms with van der Waals surface area (Å²) in [5.74, 6) is -2.93. The molecule has 0 saturated heterocycles. The molecular formula is C24H18N2O6. The molecule has 3 aromatic carbocycles. The number of H-pyrrole nitrogens is 1. The molecule has 0 unspecified atom stereocenters. The molecule has 0 amide bonds. The van der Waals surface area contributed by atoms with E-state index in [2.05, 4.69) is 4.98 Å². The third kappa shape index (κ3) is 3.89. The standard InChI is InChI=1S/C24H18N2O6/c25-21-19(23(28)29)18(20(24(30)31)22(27)26-21)15-7-9-17(10-8-15)32-12-13-5-6-14-3-1-2-4-16(14)11-13/h1-11H,12H2,(H,28,29)(H,30,31)(H3,25,26,27). The number of nitrogens with one attached hydrogen (secondary N) is 1. The summed E-state index contributed by atoms with van der Waals surface area (Å²) in [5, 5.41) is 21.2. The van der Waals surface area contributed by atoms with Gasteiger partial charge in [-0.25, -0.2) is 9.59 Å². The molecule has 5 N–H and O–H groups in total. The van der Waals surface area contributed by atoms with E-state index in [0.717, 1.165) is 16.3 Å². The van der Waals surface area contributed by atoms with Crippen molar-refractivity contribution in [1.82, 2.24) is 4.98 Å². The van der Waals surface area contributed by atoms with E-state index in [0.29, 0.717) is 12.4 Å². The van der Waals surface area contributed by atoms with E-state index in [9.17, 15) is 24.6 Å². The highest BCUT2D eigenvalue weighted by molar-refractivity contribution is 6.07. The van der Waals surface area contributed by atoms with Gasteiger partial charge in [-0.3, -0.25) is 4.79 Å². The second-order valence-corrected chi connectivity index (χ2v) is 7.10. The molecule has 8 heteroatoms. The van der Waals surface area contributed by atoms with Crippen LogP contribution in [-0.2, 0) is 6.61 Å². The summed E-state index contributed by atoms with van der Waals surface area (Å²) in [6, 6.07) is 20.1. The largest absolute Gasteiger partial charge is 0.489 e. The molecule has 0 fully saturated rings. The van der Waals surface area contributed by atoms with Gasteiger partial charge in [0.2, 0.25) is 0 Å². The molecule has 1 heterocycles. The van der Waals surface area contributed by atoms with Crippen molar-refractivity contribution in [1.29, 1.82) is 0 Å². The number of nitrogen functional groups attached to an aromatic ring is 1. The number of aromatic carboxylic acids is 2. The minimum atomic E-state index is -1.56. The molecule has 0 spiro atoms. The number of nitrogens with two attached hydrogens (primary N) is 1. The Kier molecular flexibility index (Phi) is 5.34. The number of rotatable bonds is 6. The van der Waals surface area contributed by atoms with E-state index in [1.54, 1.807) is 12.1 Å². The van der Waals surface area contributed by atoms with Crippen molar-refractivity contribution >= 4 is 28.5 Å². The SMILES string of the molecule is Nc1[nH]c(=O)c(C(=O)O)c(-c2ccc(OCc3ccc4ccccc4c3)cc2)c1C(=O)O. The fraction of sp³-hybridized carbons (Fsp3) is 0.0417. The van der Waals surface area contributed by atoms with Crippen LogP contribution in [0.2, 0.25) is 0 Å². The van der Waals surface area contributed by atoms with Crippen LogP contribution in [-0.4, -0.2) is 27.1 Å². The zero-order valence-electron chi connectivity index (χ0n) is 16.7. The molecule has 0 bridgehead atoms. The zero-order valence-corrected chi connectivity index (χ0v) is 16.7. The van der Waals surface area contributed by atoms with Gasteiger partial charge >= 0.3 is 11.9 Å². The van der Waals surface area contributed by atoms with Crippen LogP contribution >= 0.6 is 0 Å². The van der Waals surface area contributed by atoms with Crippen LogP contribution in [0.5, 0.6) is 5.75 Å². The molecule has 4 rings (SSSR count). The summed E-state index contributed by atoms with van der Waals surface area (Å²) < 4.78 is 5.81. The summed E-state index contributed by atoms with van der Waals surface area (Å²) in [4.78, 5) is 37.6. The van der Waals surface area contributed by atoms with Crippen LogP contribution in [0.25, 0.3) is 21.9 Å². The van der Waals surface area contributed by atoms with Gasteiger partial charge in [0.1, 0.15) is 29.3 Å². The molecule has 0 aliphatic heterocycles. The molecular weight excluding hydrogens is 412 g/mol. The Balaban J connectivity index is 1.64. The number of ether oxygens (including phenoxy) is 1. The Morgan fingerprint density at radius 2 is 1.53 bits per heavy atom. The summed E-state index contributed by atoms with van der Waals surface area (Å²) in [6.07, 6.45) is 0. The topological polar surface area (TPSA) is 143 Å². The summed E-state index contributed by atoms with van der Waals surface area (Å²) in [7, 11) is 0. The van der Waals surface area contributed by atoms with Gasteiger partial charge in [-0.15, -0.1) is 0 Å². The number of aromatic amines is 1. The van der Waals surface area contributed by atoms with Gasteiger partial charge in [0, 0.05) is 5.56 Å². The van der Waals surface area contributed by atoms with Crippen molar-refractivity contribution in [2.75, 3.05) is 5.73 Å². The summed E-state index contributed by atoms with van der Waals surface area (Å²) >= 11 is 0. The second-order valence-electron chi connectivity index (χ2n) is 7.10. The Morgan fingerprint density at radius 3 is 2.19 bits per heavy atom. The van der Waals surface area contributed by atoms with Gasteiger partial charge < -0.3 is 25.7 Å². The monoisotopic (exact) mass is 430 g/mol. The van der Waals surface area contributed by atoms with E-state index in [1.807, 2.05) is 42.5 Å². The smallest absolute Gasteiger partial charge is 0.342 e. The molecule has 0 atom stereocenters. The third-order valence-corrected chi connectivity index (χ3v) is 5.03. The average Bonchev–Trinajstić information content (AvgIpc) is 2.76. The number of fused-ring (bicyclic) bond motifs is 1. The molecule has 8 nitrogen and oxygen atoms in total. The first-order valence-corrected chi connectivity index (χ1v) is 9.58. The maximum Gasteiger partial charge on any atom is 0.342 e. The predicted molar refractivity (Wildman–Crippen MR) is 119 cm³/mol. The molecule has 0 saturated carbocycles. The molecule has 1 aromatic heterocycles. The molecule has 0 aliphatic carbocycles.